The molecule has 0 amide bonds. The van der Waals surface area contributed by atoms with E-state index in [1.807, 2.05) is 48.5 Å². The number of benzene rings is 3. The summed E-state index contributed by atoms with van der Waals surface area (Å²) in [5, 5.41) is 0.997. The van der Waals surface area contributed by atoms with Gasteiger partial charge >= 0.3 is 0 Å². The summed E-state index contributed by atoms with van der Waals surface area (Å²) in [5.41, 5.74) is 3.92. The number of hydrogen-bond acceptors (Lipinski definition) is 4. The lowest BCUT2D eigenvalue weighted by Crippen LogP contribution is -2.07. The second-order valence-corrected chi connectivity index (χ2v) is 8.29. The molecule has 2 N–H and O–H groups in total. The summed E-state index contributed by atoms with van der Waals surface area (Å²) in [7, 11) is 0. The Morgan fingerprint density at radius 3 is 1.36 bits per heavy atom. The van der Waals surface area contributed by atoms with Crippen LogP contribution in [0.5, 0.6) is 11.5 Å². The summed E-state index contributed by atoms with van der Waals surface area (Å²) >= 11 is 0. The highest BCUT2D eigenvalue weighted by atomic mass is 16.5. The summed E-state index contributed by atoms with van der Waals surface area (Å²) < 4.78 is 11.1. The molecule has 36 heavy (non-hydrogen) atoms. The van der Waals surface area contributed by atoms with Crippen LogP contribution in [-0.2, 0) is 0 Å². The normalized spacial score (nSPS) is 10.9. The number of fused-ring (bicyclic) bond motifs is 2. The Kier molecular flexibility index (Phi) is 6.24. The summed E-state index contributed by atoms with van der Waals surface area (Å²) in [4.78, 5) is 32.6. The molecule has 5 rings (SSSR count). The Balaban J connectivity index is 1.53. The van der Waals surface area contributed by atoms with Gasteiger partial charge in [0.25, 0.3) is 0 Å². The summed E-state index contributed by atoms with van der Waals surface area (Å²) in [6, 6.07) is 21.5. The summed E-state index contributed by atoms with van der Waals surface area (Å²) in [5.74, 6) is 1.43. The molecule has 0 unspecified atom stereocenters. The quantitative estimate of drug-likeness (QED) is 0.218. The van der Waals surface area contributed by atoms with Crippen molar-refractivity contribution in [2.75, 3.05) is 13.2 Å². The van der Waals surface area contributed by atoms with Crippen LogP contribution in [0.25, 0.3) is 44.3 Å². The van der Waals surface area contributed by atoms with E-state index in [0.29, 0.717) is 57.9 Å². The van der Waals surface area contributed by atoms with Gasteiger partial charge in [-0.05, 0) is 71.8 Å². The molecule has 6 heteroatoms. The third kappa shape index (κ3) is 4.57. The number of pyridine rings is 2. The van der Waals surface area contributed by atoms with Gasteiger partial charge in [-0.3, -0.25) is 9.59 Å². The molecule has 0 saturated carbocycles. The van der Waals surface area contributed by atoms with Crippen LogP contribution in [0.1, 0.15) is 0 Å². The molecule has 0 radical (unpaired) electrons. The largest absolute Gasteiger partial charge is 0.490 e. The zero-order valence-electron chi connectivity index (χ0n) is 19.5. The fourth-order valence-electron chi connectivity index (χ4n) is 4.08. The van der Waals surface area contributed by atoms with E-state index in [-0.39, 0.29) is 10.9 Å². The van der Waals surface area contributed by atoms with Gasteiger partial charge in [0.05, 0.1) is 11.0 Å². The van der Waals surface area contributed by atoms with Gasteiger partial charge in [0, 0.05) is 34.3 Å². The fourth-order valence-corrected chi connectivity index (χ4v) is 4.08. The Labute approximate surface area is 207 Å². The van der Waals surface area contributed by atoms with E-state index in [4.69, 9.17) is 9.47 Å². The molecule has 0 atom stereocenters. The average Bonchev–Trinajstić information content (AvgIpc) is 2.90. The van der Waals surface area contributed by atoms with Crippen LogP contribution in [0.3, 0.4) is 0 Å². The first-order valence-corrected chi connectivity index (χ1v) is 11.5. The van der Waals surface area contributed by atoms with E-state index in [1.54, 1.807) is 36.4 Å². The number of aromatic nitrogens is 2. The molecule has 3 aromatic carbocycles. The number of nitrogens with one attached hydrogen (secondary N) is 2. The predicted molar refractivity (Wildman–Crippen MR) is 145 cm³/mol. The Morgan fingerprint density at radius 1 is 0.611 bits per heavy atom. The van der Waals surface area contributed by atoms with Crippen molar-refractivity contribution < 1.29 is 9.47 Å². The van der Waals surface area contributed by atoms with Gasteiger partial charge in [-0.15, -0.1) is 0 Å². The van der Waals surface area contributed by atoms with Crippen molar-refractivity contribution in [3.05, 3.63) is 119 Å². The van der Waals surface area contributed by atoms with Crippen LogP contribution in [-0.4, -0.2) is 23.2 Å². The van der Waals surface area contributed by atoms with E-state index in [1.165, 1.54) is 0 Å². The van der Waals surface area contributed by atoms with Crippen molar-refractivity contribution in [2.24, 2.45) is 0 Å². The van der Waals surface area contributed by atoms with Crippen molar-refractivity contribution in [1.29, 1.82) is 0 Å². The zero-order chi connectivity index (χ0) is 25.1. The van der Waals surface area contributed by atoms with Crippen LogP contribution in [0.4, 0.5) is 0 Å². The molecule has 0 fully saturated rings. The highest BCUT2D eigenvalue weighted by molar-refractivity contribution is 5.96. The number of ether oxygens (including phenoxy) is 2. The third-order valence-electron chi connectivity index (χ3n) is 5.84. The maximum absolute atomic E-state index is 13.0. The molecule has 2 aromatic heterocycles. The Hall–Kier alpha value is -4.84. The molecule has 0 aliphatic heterocycles. The summed E-state index contributed by atoms with van der Waals surface area (Å²) in [6.45, 7) is 8.13. The number of rotatable bonds is 8. The Bertz CT molecular complexity index is 1570. The monoisotopic (exact) mass is 476 g/mol. The van der Waals surface area contributed by atoms with Gasteiger partial charge in [-0.25, -0.2) is 0 Å². The standard InChI is InChI=1S/C30H24N2O4/c1-3-13-35-21-9-5-19(6-10-21)25-17-29(33)23-16-28-24(15-27(23)31-25)30(34)18-26(32-28)20-7-11-22(12-8-20)36-14-4-2/h3-12,15-18H,1-2,13-14H2,(H,31,33)(H,32,34). The van der Waals surface area contributed by atoms with Crippen molar-refractivity contribution in [2.45, 2.75) is 0 Å². The minimum Gasteiger partial charge on any atom is -0.490 e. The number of aromatic amines is 2. The lowest BCUT2D eigenvalue weighted by Gasteiger charge is -2.09. The van der Waals surface area contributed by atoms with Crippen molar-refractivity contribution >= 4 is 21.8 Å². The first-order valence-electron chi connectivity index (χ1n) is 11.5. The molecule has 0 spiro atoms. The SMILES string of the molecule is C=CCOc1ccc(-c2cc(=O)c3cc4[nH]c(-c5ccc(OCC=C)cc5)cc(=O)c4cc3[nH]2)cc1. The van der Waals surface area contributed by atoms with Gasteiger partial charge < -0.3 is 19.4 Å². The first-order chi connectivity index (χ1) is 17.6. The number of hydrogen-bond donors (Lipinski definition) is 2. The van der Waals surface area contributed by atoms with Crippen LogP contribution in [0, 0.1) is 0 Å². The van der Waals surface area contributed by atoms with E-state index >= 15 is 0 Å². The van der Waals surface area contributed by atoms with Gasteiger partial charge in [0.15, 0.2) is 10.9 Å². The number of H-pyrrole nitrogens is 2. The van der Waals surface area contributed by atoms with Crippen molar-refractivity contribution in [3.8, 4) is 34.0 Å². The predicted octanol–water partition coefficient (Wildman–Crippen LogP) is 5.83. The van der Waals surface area contributed by atoms with Crippen molar-refractivity contribution in [1.82, 2.24) is 9.97 Å². The molecule has 6 nitrogen and oxygen atoms in total. The maximum Gasteiger partial charge on any atom is 0.190 e. The molecule has 0 saturated heterocycles. The fraction of sp³-hybridized carbons (Fsp3) is 0.0667. The second-order valence-electron chi connectivity index (χ2n) is 8.29. The lowest BCUT2D eigenvalue weighted by molar-refractivity contribution is 0.363. The molecule has 0 bridgehead atoms. The van der Waals surface area contributed by atoms with E-state index < -0.39 is 0 Å². The van der Waals surface area contributed by atoms with Crippen LogP contribution in [0.15, 0.2) is 108 Å². The van der Waals surface area contributed by atoms with Crippen LogP contribution < -0.4 is 20.3 Å². The third-order valence-corrected chi connectivity index (χ3v) is 5.84. The zero-order valence-corrected chi connectivity index (χ0v) is 19.5. The molecular formula is C30H24N2O4. The molecule has 0 aliphatic carbocycles. The summed E-state index contributed by atoms with van der Waals surface area (Å²) in [6.07, 6.45) is 3.36. The highest BCUT2D eigenvalue weighted by Gasteiger charge is 2.10. The van der Waals surface area contributed by atoms with Gasteiger partial charge in [0.1, 0.15) is 24.7 Å². The second kappa shape index (κ2) is 9.80. The van der Waals surface area contributed by atoms with E-state index in [0.717, 1.165) is 11.1 Å². The minimum atomic E-state index is -0.136. The molecule has 2 heterocycles. The lowest BCUT2D eigenvalue weighted by atomic mass is 10.1. The van der Waals surface area contributed by atoms with E-state index in [9.17, 15) is 9.59 Å². The molecule has 0 aliphatic rings. The first kappa shape index (κ1) is 22.9. The minimum absolute atomic E-state index is 0.136. The Morgan fingerprint density at radius 2 is 1.00 bits per heavy atom. The van der Waals surface area contributed by atoms with E-state index in [2.05, 4.69) is 23.1 Å². The molecule has 178 valence electrons. The highest BCUT2D eigenvalue weighted by Crippen LogP contribution is 2.25. The van der Waals surface area contributed by atoms with Crippen molar-refractivity contribution in [3.63, 3.8) is 0 Å². The smallest absolute Gasteiger partial charge is 0.190 e. The van der Waals surface area contributed by atoms with Gasteiger partial charge in [0.2, 0.25) is 0 Å². The maximum atomic E-state index is 13.0. The topological polar surface area (TPSA) is 84.2 Å². The molecular weight excluding hydrogens is 452 g/mol. The van der Waals surface area contributed by atoms with Gasteiger partial charge in [-0.2, -0.15) is 0 Å². The van der Waals surface area contributed by atoms with Crippen LogP contribution >= 0.6 is 0 Å². The van der Waals surface area contributed by atoms with Crippen LogP contribution in [0.2, 0.25) is 0 Å². The molecule has 5 aromatic rings. The average molecular weight is 477 g/mol. The van der Waals surface area contributed by atoms with Gasteiger partial charge in [-0.1, -0.05) is 25.3 Å².